The average molecular weight is 198 g/mol. The van der Waals surface area contributed by atoms with Gasteiger partial charge in [-0.2, -0.15) is 8.42 Å². The molecule has 1 rings (SSSR count). The van der Waals surface area contributed by atoms with Gasteiger partial charge in [-0.15, -0.1) is 0 Å². The van der Waals surface area contributed by atoms with Crippen LogP contribution in [0.3, 0.4) is 0 Å². The fourth-order valence-electron chi connectivity index (χ4n) is 1.04. The molecule has 0 aliphatic carbocycles. The van der Waals surface area contributed by atoms with Gasteiger partial charge in [0.15, 0.2) is 0 Å². The van der Waals surface area contributed by atoms with Crippen molar-refractivity contribution in [2.24, 2.45) is 0 Å². The fraction of sp³-hybridized carbons (Fsp3) is 0.111. The molecule has 1 aromatic carbocycles. The molecule has 0 saturated heterocycles. The van der Waals surface area contributed by atoms with E-state index >= 15 is 0 Å². The first-order valence-electron chi connectivity index (χ1n) is 3.65. The van der Waals surface area contributed by atoms with Crippen LogP contribution in [0.25, 0.3) is 5.57 Å². The summed E-state index contributed by atoms with van der Waals surface area (Å²) in [5.74, 6) is 0. The molecule has 0 unspecified atom stereocenters. The SMILES string of the molecule is C=C(C)c1ccccc1S(=O)(=O)O. The molecule has 0 amide bonds. The quantitative estimate of drug-likeness (QED) is 0.739. The van der Waals surface area contributed by atoms with E-state index in [-0.39, 0.29) is 4.90 Å². The van der Waals surface area contributed by atoms with E-state index in [1.54, 1.807) is 25.1 Å². The van der Waals surface area contributed by atoms with Gasteiger partial charge in [-0.05, 0) is 24.1 Å². The van der Waals surface area contributed by atoms with Crippen LogP contribution in [-0.2, 0) is 10.1 Å². The molecule has 0 spiro atoms. The van der Waals surface area contributed by atoms with Gasteiger partial charge < -0.3 is 0 Å². The van der Waals surface area contributed by atoms with Gasteiger partial charge in [-0.25, -0.2) is 0 Å². The van der Waals surface area contributed by atoms with Gasteiger partial charge in [0.05, 0.1) is 0 Å². The molecule has 0 aromatic heterocycles. The summed E-state index contributed by atoms with van der Waals surface area (Å²) >= 11 is 0. The maximum Gasteiger partial charge on any atom is 0.295 e. The summed E-state index contributed by atoms with van der Waals surface area (Å²) in [7, 11) is -4.14. The van der Waals surface area contributed by atoms with Crippen molar-refractivity contribution < 1.29 is 13.0 Å². The summed E-state index contributed by atoms with van der Waals surface area (Å²) < 4.78 is 30.6. The van der Waals surface area contributed by atoms with E-state index in [1.807, 2.05) is 0 Å². The molecular weight excluding hydrogens is 188 g/mol. The fourth-order valence-corrected chi connectivity index (χ4v) is 1.81. The molecule has 4 heteroatoms. The highest BCUT2D eigenvalue weighted by Gasteiger charge is 2.14. The van der Waals surface area contributed by atoms with E-state index < -0.39 is 10.1 Å². The van der Waals surface area contributed by atoms with E-state index in [0.717, 1.165) is 0 Å². The third-order valence-corrected chi connectivity index (χ3v) is 2.54. The second-order valence-electron chi connectivity index (χ2n) is 2.75. The number of hydrogen-bond acceptors (Lipinski definition) is 2. The molecule has 0 atom stereocenters. The molecule has 70 valence electrons. The largest absolute Gasteiger partial charge is 0.295 e. The Morgan fingerprint density at radius 3 is 2.31 bits per heavy atom. The molecule has 0 radical (unpaired) electrons. The van der Waals surface area contributed by atoms with Crippen LogP contribution in [0.15, 0.2) is 35.7 Å². The Labute approximate surface area is 77.5 Å². The predicted octanol–water partition coefficient (Wildman–Crippen LogP) is 1.97. The van der Waals surface area contributed by atoms with Gasteiger partial charge in [0.25, 0.3) is 10.1 Å². The van der Waals surface area contributed by atoms with Crippen molar-refractivity contribution in [3.63, 3.8) is 0 Å². The first-order chi connectivity index (χ1) is 5.93. The molecule has 13 heavy (non-hydrogen) atoms. The van der Waals surface area contributed by atoms with Crippen LogP contribution in [0.4, 0.5) is 0 Å². The molecular formula is C9H10O3S. The molecule has 0 fully saturated rings. The summed E-state index contributed by atoms with van der Waals surface area (Å²) in [6.07, 6.45) is 0. The summed E-state index contributed by atoms with van der Waals surface area (Å²) in [6.45, 7) is 5.31. The molecule has 1 N–H and O–H groups in total. The zero-order valence-corrected chi connectivity index (χ0v) is 8.00. The molecule has 1 aromatic rings. The summed E-state index contributed by atoms with van der Waals surface area (Å²) in [4.78, 5) is -0.0949. The number of hydrogen-bond donors (Lipinski definition) is 1. The minimum absolute atomic E-state index is 0.0949. The lowest BCUT2D eigenvalue weighted by Gasteiger charge is -2.04. The second kappa shape index (κ2) is 3.32. The van der Waals surface area contributed by atoms with E-state index in [2.05, 4.69) is 6.58 Å². The van der Waals surface area contributed by atoms with Crippen molar-refractivity contribution >= 4 is 15.7 Å². The highest BCUT2D eigenvalue weighted by Crippen LogP contribution is 2.20. The van der Waals surface area contributed by atoms with Crippen LogP contribution in [0, 0.1) is 0 Å². The monoisotopic (exact) mass is 198 g/mol. The van der Waals surface area contributed by atoms with Crippen LogP contribution in [0.5, 0.6) is 0 Å². The van der Waals surface area contributed by atoms with Gasteiger partial charge in [0.1, 0.15) is 4.90 Å². The topological polar surface area (TPSA) is 54.4 Å². The third-order valence-electron chi connectivity index (χ3n) is 1.62. The average Bonchev–Trinajstić information content (AvgIpc) is 2.03. The highest BCUT2D eigenvalue weighted by atomic mass is 32.2. The first kappa shape index (κ1) is 9.95. The molecule has 0 bridgehead atoms. The summed E-state index contributed by atoms with van der Waals surface area (Å²) in [5, 5.41) is 0. The van der Waals surface area contributed by atoms with Crippen LogP contribution in [0.2, 0.25) is 0 Å². The maximum absolute atomic E-state index is 10.9. The van der Waals surface area contributed by atoms with Crippen molar-refractivity contribution in [2.75, 3.05) is 0 Å². The molecule has 0 heterocycles. The molecule has 0 aliphatic rings. The Hall–Kier alpha value is -1.13. The predicted molar refractivity (Wildman–Crippen MR) is 51.0 cm³/mol. The van der Waals surface area contributed by atoms with Gasteiger partial charge >= 0.3 is 0 Å². The van der Waals surface area contributed by atoms with Crippen LogP contribution in [-0.4, -0.2) is 13.0 Å². The normalized spacial score (nSPS) is 11.2. The zero-order valence-electron chi connectivity index (χ0n) is 7.19. The van der Waals surface area contributed by atoms with Gasteiger partial charge in [0, 0.05) is 0 Å². The van der Waals surface area contributed by atoms with Crippen molar-refractivity contribution in [3.05, 3.63) is 36.4 Å². The first-order valence-corrected chi connectivity index (χ1v) is 5.09. The molecule has 0 aliphatic heterocycles. The Morgan fingerprint density at radius 2 is 1.92 bits per heavy atom. The third kappa shape index (κ3) is 2.17. The Morgan fingerprint density at radius 1 is 1.38 bits per heavy atom. The Bertz CT molecular complexity index is 432. The van der Waals surface area contributed by atoms with Crippen LogP contribution < -0.4 is 0 Å². The minimum atomic E-state index is -4.14. The van der Waals surface area contributed by atoms with E-state index in [4.69, 9.17) is 4.55 Å². The van der Waals surface area contributed by atoms with E-state index in [0.29, 0.717) is 11.1 Å². The minimum Gasteiger partial charge on any atom is -0.282 e. The smallest absolute Gasteiger partial charge is 0.282 e. The lowest BCUT2D eigenvalue weighted by molar-refractivity contribution is 0.483. The molecule has 0 saturated carbocycles. The van der Waals surface area contributed by atoms with Crippen LogP contribution in [0.1, 0.15) is 12.5 Å². The Kier molecular flexibility index (Phi) is 2.54. The summed E-state index contributed by atoms with van der Waals surface area (Å²) in [5.41, 5.74) is 1.05. The zero-order chi connectivity index (χ0) is 10.1. The van der Waals surface area contributed by atoms with Crippen molar-refractivity contribution in [1.29, 1.82) is 0 Å². The van der Waals surface area contributed by atoms with Crippen molar-refractivity contribution in [3.8, 4) is 0 Å². The number of benzene rings is 1. The van der Waals surface area contributed by atoms with Gasteiger partial charge in [0.2, 0.25) is 0 Å². The summed E-state index contributed by atoms with van der Waals surface area (Å²) in [6, 6.07) is 6.19. The van der Waals surface area contributed by atoms with Crippen LogP contribution >= 0.6 is 0 Å². The second-order valence-corrected chi connectivity index (χ2v) is 4.14. The Balaban J connectivity index is 3.46. The number of rotatable bonds is 2. The van der Waals surface area contributed by atoms with Crippen molar-refractivity contribution in [2.45, 2.75) is 11.8 Å². The van der Waals surface area contributed by atoms with Crippen molar-refractivity contribution in [1.82, 2.24) is 0 Å². The maximum atomic E-state index is 10.9. The molecule has 3 nitrogen and oxygen atoms in total. The lowest BCUT2D eigenvalue weighted by atomic mass is 10.1. The lowest BCUT2D eigenvalue weighted by Crippen LogP contribution is -2.01. The standard InChI is InChI=1S/C9H10O3S/c1-7(2)8-5-3-4-6-9(8)13(10,11)12/h3-6H,1H2,2H3,(H,10,11,12). The van der Waals surface area contributed by atoms with Gasteiger partial charge in [-0.1, -0.05) is 24.8 Å². The van der Waals surface area contributed by atoms with E-state index in [1.165, 1.54) is 6.07 Å². The van der Waals surface area contributed by atoms with E-state index in [9.17, 15) is 8.42 Å². The van der Waals surface area contributed by atoms with Gasteiger partial charge in [-0.3, -0.25) is 4.55 Å². The number of allylic oxidation sites excluding steroid dienone is 1. The highest BCUT2D eigenvalue weighted by molar-refractivity contribution is 7.85.